The molecule has 1 unspecified atom stereocenters. The number of guanidine groups is 1. The SMILES string of the molecule is CCNC(=NCC1CCCO1)NCCN1CCC(C)CC1.I. The lowest BCUT2D eigenvalue weighted by Gasteiger charge is -2.30. The fourth-order valence-electron chi connectivity index (χ4n) is 2.94. The normalized spacial score (nSPS) is 24.1. The maximum atomic E-state index is 5.62. The first-order chi connectivity index (χ1) is 10.3. The second-order valence-corrected chi connectivity index (χ2v) is 6.31. The van der Waals surface area contributed by atoms with Crippen LogP contribution in [0.4, 0.5) is 0 Å². The molecule has 0 radical (unpaired) electrons. The molecule has 2 saturated heterocycles. The molecular weight excluding hydrogens is 391 g/mol. The average molecular weight is 424 g/mol. The Labute approximate surface area is 152 Å². The van der Waals surface area contributed by atoms with Crippen molar-refractivity contribution in [2.24, 2.45) is 10.9 Å². The van der Waals surface area contributed by atoms with E-state index in [1.165, 1.54) is 32.4 Å². The summed E-state index contributed by atoms with van der Waals surface area (Å²) in [5, 5.41) is 6.76. The van der Waals surface area contributed by atoms with Gasteiger partial charge in [0.15, 0.2) is 5.96 Å². The highest BCUT2D eigenvalue weighted by Crippen LogP contribution is 2.15. The van der Waals surface area contributed by atoms with Gasteiger partial charge in [-0.25, -0.2) is 0 Å². The van der Waals surface area contributed by atoms with Gasteiger partial charge in [0.1, 0.15) is 0 Å². The standard InChI is InChI=1S/C16H32N4O.HI/c1-3-17-16(19-13-15-5-4-12-21-15)18-8-11-20-9-6-14(2)7-10-20;/h14-15H,3-13H2,1-2H3,(H2,17,18,19);1H. The minimum atomic E-state index is 0. The van der Waals surface area contributed by atoms with Crippen molar-refractivity contribution in [1.82, 2.24) is 15.5 Å². The molecule has 130 valence electrons. The topological polar surface area (TPSA) is 48.9 Å². The highest BCUT2D eigenvalue weighted by molar-refractivity contribution is 14.0. The van der Waals surface area contributed by atoms with Crippen LogP contribution in [-0.2, 0) is 4.74 Å². The molecule has 5 nitrogen and oxygen atoms in total. The number of rotatable bonds is 6. The van der Waals surface area contributed by atoms with Crippen molar-refractivity contribution >= 4 is 29.9 Å². The molecule has 2 aliphatic heterocycles. The summed E-state index contributed by atoms with van der Waals surface area (Å²) >= 11 is 0. The van der Waals surface area contributed by atoms with Crippen LogP contribution in [0.1, 0.15) is 39.5 Å². The average Bonchev–Trinajstić information content (AvgIpc) is 3.00. The fraction of sp³-hybridized carbons (Fsp3) is 0.938. The van der Waals surface area contributed by atoms with Gasteiger partial charge in [-0.3, -0.25) is 4.99 Å². The molecule has 0 aromatic carbocycles. The van der Waals surface area contributed by atoms with Gasteiger partial charge in [-0.1, -0.05) is 6.92 Å². The first kappa shape index (κ1) is 20.0. The predicted octanol–water partition coefficient (Wildman–Crippen LogP) is 2.07. The van der Waals surface area contributed by atoms with Crippen LogP contribution in [-0.4, -0.2) is 62.8 Å². The minimum absolute atomic E-state index is 0. The molecule has 2 rings (SSSR count). The van der Waals surface area contributed by atoms with Crippen molar-refractivity contribution in [3.05, 3.63) is 0 Å². The number of nitrogens with one attached hydrogen (secondary N) is 2. The Kier molecular flexibility index (Phi) is 10.4. The van der Waals surface area contributed by atoms with Gasteiger partial charge in [0.05, 0.1) is 12.6 Å². The van der Waals surface area contributed by atoms with Crippen LogP contribution in [0.2, 0.25) is 0 Å². The van der Waals surface area contributed by atoms with Gasteiger partial charge in [0, 0.05) is 26.2 Å². The molecule has 0 aromatic heterocycles. The predicted molar refractivity (Wildman–Crippen MR) is 103 cm³/mol. The highest BCUT2D eigenvalue weighted by atomic mass is 127. The summed E-state index contributed by atoms with van der Waals surface area (Å²) in [5.41, 5.74) is 0. The Morgan fingerprint density at radius 1 is 1.23 bits per heavy atom. The monoisotopic (exact) mass is 424 g/mol. The molecule has 6 heteroatoms. The Morgan fingerprint density at radius 3 is 2.64 bits per heavy atom. The molecule has 2 heterocycles. The van der Waals surface area contributed by atoms with Gasteiger partial charge < -0.3 is 20.3 Å². The van der Waals surface area contributed by atoms with Crippen LogP contribution < -0.4 is 10.6 Å². The summed E-state index contributed by atoms with van der Waals surface area (Å²) in [4.78, 5) is 7.19. The molecule has 1 atom stereocenters. The zero-order valence-corrected chi connectivity index (χ0v) is 16.5. The lowest BCUT2D eigenvalue weighted by Crippen LogP contribution is -2.43. The van der Waals surface area contributed by atoms with Crippen LogP contribution in [0.3, 0.4) is 0 Å². The van der Waals surface area contributed by atoms with Crippen LogP contribution in [0.5, 0.6) is 0 Å². The Balaban J connectivity index is 0.00000242. The second-order valence-electron chi connectivity index (χ2n) is 6.31. The lowest BCUT2D eigenvalue weighted by atomic mass is 9.99. The highest BCUT2D eigenvalue weighted by Gasteiger charge is 2.16. The maximum Gasteiger partial charge on any atom is 0.191 e. The molecule has 0 aromatic rings. The zero-order chi connectivity index (χ0) is 14.9. The van der Waals surface area contributed by atoms with E-state index in [1.54, 1.807) is 0 Å². The van der Waals surface area contributed by atoms with Gasteiger partial charge in [-0.2, -0.15) is 0 Å². The molecule has 2 N–H and O–H groups in total. The van der Waals surface area contributed by atoms with E-state index in [0.29, 0.717) is 6.10 Å². The van der Waals surface area contributed by atoms with Gasteiger partial charge >= 0.3 is 0 Å². The number of ether oxygens (including phenoxy) is 1. The van der Waals surface area contributed by atoms with Crippen molar-refractivity contribution in [2.45, 2.75) is 45.6 Å². The fourth-order valence-corrected chi connectivity index (χ4v) is 2.94. The summed E-state index contributed by atoms with van der Waals surface area (Å²) in [6.45, 7) is 11.6. The van der Waals surface area contributed by atoms with Gasteiger partial charge in [-0.05, 0) is 51.6 Å². The van der Waals surface area contributed by atoms with Crippen LogP contribution in [0.15, 0.2) is 4.99 Å². The number of likely N-dealkylation sites (tertiary alicyclic amines) is 1. The van der Waals surface area contributed by atoms with E-state index < -0.39 is 0 Å². The van der Waals surface area contributed by atoms with Crippen LogP contribution >= 0.6 is 24.0 Å². The number of piperidine rings is 1. The molecule has 0 spiro atoms. The van der Waals surface area contributed by atoms with E-state index in [-0.39, 0.29) is 24.0 Å². The summed E-state index contributed by atoms with van der Waals surface area (Å²) < 4.78 is 5.62. The summed E-state index contributed by atoms with van der Waals surface area (Å²) in [7, 11) is 0. The summed E-state index contributed by atoms with van der Waals surface area (Å²) in [5.74, 6) is 1.83. The molecule has 0 amide bonds. The lowest BCUT2D eigenvalue weighted by molar-refractivity contribution is 0.117. The summed E-state index contributed by atoms with van der Waals surface area (Å²) in [6, 6.07) is 0. The van der Waals surface area contributed by atoms with Gasteiger partial charge in [0.25, 0.3) is 0 Å². The first-order valence-electron chi connectivity index (χ1n) is 8.64. The minimum Gasteiger partial charge on any atom is -0.376 e. The van der Waals surface area contributed by atoms with Crippen molar-refractivity contribution < 1.29 is 4.74 Å². The number of halogens is 1. The first-order valence-corrected chi connectivity index (χ1v) is 8.64. The smallest absolute Gasteiger partial charge is 0.191 e. The molecule has 0 saturated carbocycles. The van der Waals surface area contributed by atoms with Gasteiger partial charge in [0.2, 0.25) is 0 Å². The van der Waals surface area contributed by atoms with Crippen molar-refractivity contribution in [1.29, 1.82) is 0 Å². The van der Waals surface area contributed by atoms with E-state index in [9.17, 15) is 0 Å². The van der Waals surface area contributed by atoms with Crippen LogP contribution in [0.25, 0.3) is 0 Å². The Hall–Kier alpha value is -0.0800. The van der Waals surface area contributed by atoms with Crippen molar-refractivity contribution in [2.75, 3.05) is 45.9 Å². The third kappa shape index (κ3) is 7.46. The molecule has 2 aliphatic rings. The van der Waals surface area contributed by atoms with Crippen molar-refractivity contribution in [3.8, 4) is 0 Å². The van der Waals surface area contributed by atoms with E-state index in [4.69, 9.17) is 4.74 Å². The zero-order valence-electron chi connectivity index (χ0n) is 14.1. The second kappa shape index (κ2) is 11.5. The van der Waals surface area contributed by atoms with E-state index >= 15 is 0 Å². The maximum absolute atomic E-state index is 5.62. The quantitative estimate of drug-likeness (QED) is 0.390. The van der Waals surface area contributed by atoms with E-state index in [2.05, 4.69) is 34.4 Å². The molecule has 2 fully saturated rings. The Morgan fingerprint density at radius 2 is 2.00 bits per heavy atom. The number of hydrogen-bond donors (Lipinski definition) is 2. The number of nitrogens with zero attached hydrogens (tertiary/aromatic N) is 2. The van der Waals surface area contributed by atoms with E-state index in [0.717, 1.165) is 51.1 Å². The number of aliphatic imine (C=N–C) groups is 1. The molecule has 0 bridgehead atoms. The number of hydrogen-bond acceptors (Lipinski definition) is 3. The van der Waals surface area contributed by atoms with Crippen molar-refractivity contribution in [3.63, 3.8) is 0 Å². The van der Waals surface area contributed by atoms with Crippen LogP contribution in [0, 0.1) is 5.92 Å². The molecule has 0 aliphatic carbocycles. The third-order valence-electron chi connectivity index (χ3n) is 4.42. The third-order valence-corrected chi connectivity index (χ3v) is 4.42. The Bertz CT molecular complexity index is 313. The van der Waals surface area contributed by atoms with E-state index in [1.807, 2.05) is 0 Å². The summed E-state index contributed by atoms with van der Waals surface area (Å²) in [6.07, 6.45) is 5.33. The molecular formula is C16H33IN4O. The largest absolute Gasteiger partial charge is 0.376 e. The van der Waals surface area contributed by atoms with Gasteiger partial charge in [-0.15, -0.1) is 24.0 Å². The molecule has 22 heavy (non-hydrogen) atoms.